The monoisotopic (exact) mass is 426 g/mol. The molecule has 0 spiro atoms. The summed E-state index contributed by atoms with van der Waals surface area (Å²) in [6.07, 6.45) is 5.62. The van der Waals surface area contributed by atoms with E-state index in [1.165, 1.54) is 42.6 Å². The number of thiazole rings is 1. The smallest absolute Gasteiger partial charge is 0.306 e. The second-order valence-corrected chi connectivity index (χ2v) is 9.86. The predicted molar refractivity (Wildman–Crippen MR) is 119 cm³/mol. The molecule has 2 bridgehead atoms. The number of carbonyl (C=O) groups excluding carboxylic acids is 2. The standard InChI is InChI=1S/C24H30N2O3S/c1-14-7-15(2)23(16(3)8-14)26(17(4)27)24-25-21(13-30-24)12-29-22(28)11-20-10-18-5-6-19(20)9-18/h7-8,13,18-20H,5-6,9-12H2,1-4H3/t18-,19+,20+/m0/s1. The van der Waals surface area contributed by atoms with Crippen LogP contribution >= 0.6 is 11.3 Å². The molecule has 0 aliphatic heterocycles. The molecule has 160 valence electrons. The molecule has 1 heterocycles. The normalized spacial score (nSPS) is 22.3. The van der Waals surface area contributed by atoms with Crippen LogP contribution in [0.1, 0.15) is 61.4 Å². The highest BCUT2D eigenvalue weighted by molar-refractivity contribution is 7.14. The third-order valence-electron chi connectivity index (χ3n) is 6.60. The molecule has 2 aromatic rings. The van der Waals surface area contributed by atoms with Crippen LogP contribution in [0, 0.1) is 38.5 Å². The Morgan fingerprint density at radius 3 is 2.50 bits per heavy atom. The number of fused-ring (bicyclic) bond motifs is 2. The molecule has 0 saturated heterocycles. The van der Waals surface area contributed by atoms with Gasteiger partial charge in [-0.3, -0.25) is 14.5 Å². The SMILES string of the molecule is CC(=O)N(c1nc(COC(=O)C[C@H]2C[C@H]3CC[C@@H]2C3)cs1)c1c(C)cc(C)cc1C. The summed E-state index contributed by atoms with van der Waals surface area (Å²) in [6.45, 7) is 7.78. The summed E-state index contributed by atoms with van der Waals surface area (Å²) in [6, 6.07) is 4.15. The van der Waals surface area contributed by atoms with Crippen LogP contribution < -0.4 is 4.90 Å². The number of rotatable bonds is 6. The van der Waals surface area contributed by atoms with Crippen molar-refractivity contribution in [2.24, 2.45) is 17.8 Å². The fraction of sp³-hybridized carbons (Fsp3) is 0.542. The first-order valence-electron chi connectivity index (χ1n) is 10.8. The predicted octanol–water partition coefficient (Wildman–Crippen LogP) is 5.62. The highest BCUT2D eigenvalue weighted by Gasteiger charge is 2.40. The Labute approximate surface area is 182 Å². The lowest BCUT2D eigenvalue weighted by molar-refractivity contribution is -0.146. The fourth-order valence-electron chi connectivity index (χ4n) is 5.43. The zero-order valence-corrected chi connectivity index (χ0v) is 19.1. The minimum Gasteiger partial charge on any atom is -0.459 e. The average Bonchev–Trinajstić information content (AvgIpc) is 3.39. The number of aromatic nitrogens is 1. The molecular formula is C24H30N2O3S. The lowest BCUT2D eigenvalue weighted by atomic mass is 9.86. The highest BCUT2D eigenvalue weighted by Crippen LogP contribution is 2.49. The van der Waals surface area contributed by atoms with E-state index in [2.05, 4.69) is 24.0 Å². The first-order chi connectivity index (χ1) is 14.3. The van der Waals surface area contributed by atoms with Crippen molar-refractivity contribution < 1.29 is 14.3 Å². The van der Waals surface area contributed by atoms with Crippen LogP contribution in [-0.2, 0) is 20.9 Å². The molecule has 4 rings (SSSR count). The van der Waals surface area contributed by atoms with Crippen molar-refractivity contribution >= 4 is 34.0 Å². The molecule has 0 N–H and O–H groups in total. The molecule has 6 heteroatoms. The third kappa shape index (κ3) is 4.29. The van der Waals surface area contributed by atoms with Crippen molar-refractivity contribution in [3.63, 3.8) is 0 Å². The number of esters is 1. The average molecular weight is 427 g/mol. The first kappa shape index (κ1) is 21.0. The van der Waals surface area contributed by atoms with Crippen LogP contribution in [-0.4, -0.2) is 16.9 Å². The van der Waals surface area contributed by atoms with E-state index in [1.54, 1.807) is 11.8 Å². The largest absolute Gasteiger partial charge is 0.459 e. The zero-order chi connectivity index (χ0) is 21.4. The molecule has 1 aromatic heterocycles. The van der Waals surface area contributed by atoms with Gasteiger partial charge in [-0.05, 0) is 68.9 Å². The summed E-state index contributed by atoms with van der Waals surface area (Å²) in [5.74, 6) is 1.84. The topological polar surface area (TPSA) is 59.5 Å². The van der Waals surface area contributed by atoms with Gasteiger partial charge in [-0.2, -0.15) is 0 Å². The first-order valence-corrected chi connectivity index (χ1v) is 11.7. The van der Waals surface area contributed by atoms with Crippen molar-refractivity contribution in [2.75, 3.05) is 4.90 Å². The van der Waals surface area contributed by atoms with E-state index in [1.807, 2.05) is 19.2 Å². The second-order valence-electron chi connectivity index (χ2n) is 9.02. The summed E-state index contributed by atoms with van der Waals surface area (Å²) in [4.78, 5) is 31.1. The molecule has 0 unspecified atom stereocenters. The van der Waals surface area contributed by atoms with E-state index in [-0.39, 0.29) is 18.5 Å². The van der Waals surface area contributed by atoms with E-state index in [0.29, 0.717) is 23.2 Å². The number of aryl methyl sites for hydroxylation is 3. The van der Waals surface area contributed by atoms with Gasteiger partial charge in [0.25, 0.3) is 0 Å². The lowest BCUT2D eigenvalue weighted by Gasteiger charge is -2.23. The van der Waals surface area contributed by atoms with Crippen molar-refractivity contribution in [1.29, 1.82) is 0 Å². The quantitative estimate of drug-likeness (QED) is 0.562. The van der Waals surface area contributed by atoms with Gasteiger partial charge < -0.3 is 4.74 Å². The summed E-state index contributed by atoms with van der Waals surface area (Å²) < 4.78 is 5.52. The number of amides is 1. The van der Waals surface area contributed by atoms with Crippen LogP contribution in [0.2, 0.25) is 0 Å². The number of benzene rings is 1. The van der Waals surface area contributed by atoms with E-state index in [0.717, 1.165) is 28.7 Å². The number of ether oxygens (including phenoxy) is 1. The molecule has 2 fully saturated rings. The molecule has 5 nitrogen and oxygen atoms in total. The minimum atomic E-state index is -0.129. The number of carbonyl (C=O) groups is 2. The van der Waals surface area contributed by atoms with Crippen LogP contribution in [0.25, 0.3) is 0 Å². The Morgan fingerprint density at radius 2 is 1.90 bits per heavy atom. The minimum absolute atomic E-state index is 0.0840. The number of hydrogen-bond donors (Lipinski definition) is 0. The summed E-state index contributed by atoms with van der Waals surface area (Å²) >= 11 is 1.40. The number of anilines is 2. The summed E-state index contributed by atoms with van der Waals surface area (Å²) in [5.41, 5.74) is 4.81. The van der Waals surface area contributed by atoms with Gasteiger partial charge in [0, 0.05) is 18.7 Å². The molecule has 3 atom stereocenters. The van der Waals surface area contributed by atoms with Crippen molar-refractivity contribution in [3.05, 3.63) is 39.9 Å². The molecule has 2 saturated carbocycles. The summed E-state index contributed by atoms with van der Waals surface area (Å²) in [7, 11) is 0. The molecule has 1 aromatic carbocycles. The summed E-state index contributed by atoms with van der Waals surface area (Å²) in [5, 5.41) is 2.48. The van der Waals surface area contributed by atoms with Gasteiger partial charge in [0.1, 0.15) is 6.61 Å². The maximum Gasteiger partial charge on any atom is 0.306 e. The maximum atomic E-state index is 12.5. The van der Waals surface area contributed by atoms with Crippen LogP contribution in [0.3, 0.4) is 0 Å². The van der Waals surface area contributed by atoms with Crippen LogP contribution in [0.5, 0.6) is 0 Å². The van der Waals surface area contributed by atoms with Gasteiger partial charge in [0.05, 0.1) is 11.4 Å². The highest BCUT2D eigenvalue weighted by atomic mass is 32.1. The van der Waals surface area contributed by atoms with Gasteiger partial charge >= 0.3 is 5.97 Å². The van der Waals surface area contributed by atoms with Gasteiger partial charge in [0.15, 0.2) is 5.13 Å². The van der Waals surface area contributed by atoms with E-state index in [4.69, 9.17) is 4.74 Å². The Kier molecular flexibility index (Phi) is 5.96. The molecule has 1 amide bonds. The lowest BCUT2D eigenvalue weighted by Crippen LogP contribution is -2.24. The zero-order valence-electron chi connectivity index (χ0n) is 18.2. The van der Waals surface area contributed by atoms with Crippen molar-refractivity contribution in [1.82, 2.24) is 4.98 Å². The number of nitrogens with zero attached hydrogens (tertiary/aromatic N) is 2. The van der Waals surface area contributed by atoms with E-state index >= 15 is 0 Å². The van der Waals surface area contributed by atoms with Gasteiger partial charge in [0.2, 0.25) is 5.91 Å². The Balaban J connectivity index is 1.42. The van der Waals surface area contributed by atoms with Crippen molar-refractivity contribution in [2.45, 2.75) is 66.4 Å². The Hall–Kier alpha value is -2.21. The van der Waals surface area contributed by atoms with Crippen molar-refractivity contribution in [3.8, 4) is 0 Å². The molecule has 30 heavy (non-hydrogen) atoms. The Bertz CT molecular complexity index is 944. The fourth-order valence-corrected chi connectivity index (χ4v) is 6.29. The van der Waals surface area contributed by atoms with Gasteiger partial charge in [-0.15, -0.1) is 11.3 Å². The van der Waals surface area contributed by atoms with Crippen LogP contribution in [0.4, 0.5) is 10.8 Å². The molecule has 0 radical (unpaired) electrons. The molecule has 2 aliphatic carbocycles. The molecular weight excluding hydrogens is 396 g/mol. The Morgan fingerprint density at radius 1 is 1.17 bits per heavy atom. The third-order valence-corrected chi connectivity index (χ3v) is 7.47. The molecule has 2 aliphatic rings. The van der Waals surface area contributed by atoms with E-state index in [9.17, 15) is 9.59 Å². The second kappa shape index (κ2) is 8.50. The van der Waals surface area contributed by atoms with Gasteiger partial charge in [-0.25, -0.2) is 4.98 Å². The number of hydrogen-bond acceptors (Lipinski definition) is 5. The van der Waals surface area contributed by atoms with Crippen LogP contribution in [0.15, 0.2) is 17.5 Å². The van der Waals surface area contributed by atoms with Gasteiger partial charge in [-0.1, -0.05) is 24.1 Å². The maximum absolute atomic E-state index is 12.5. The van der Waals surface area contributed by atoms with E-state index < -0.39 is 0 Å².